The zero-order valence-electron chi connectivity index (χ0n) is 9.77. The molecule has 0 bridgehead atoms. The first-order valence-corrected chi connectivity index (χ1v) is 7.03. The molecule has 0 radical (unpaired) electrons. The molecule has 1 N–H and O–H groups in total. The molecule has 0 saturated carbocycles. The molecular weight excluding hydrogens is 240 g/mol. The molecule has 0 spiro atoms. The van der Waals surface area contributed by atoms with Gasteiger partial charge in [-0.05, 0) is 30.3 Å². The fourth-order valence-corrected chi connectivity index (χ4v) is 3.45. The van der Waals surface area contributed by atoms with E-state index in [0.717, 1.165) is 17.9 Å². The molecule has 6 heteroatoms. The molecule has 2 aliphatic heterocycles. The van der Waals surface area contributed by atoms with E-state index in [1.165, 1.54) is 4.90 Å². The van der Waals surface area contributed by atoms with Gasteiger partial charge in [0.05, 0.1) is 0 Å². The number of imide groups is 2. The summed E-state index contributed by atoms with van der Waals surface area (Å²) in [5.41, 5.74) is 0. The van der Waals surface area contributed by atoms with Crippen molar-refractivity contribution in [1.82, 2.24) is 10.2 Å². The number of hydrogen-bond acceptors (Lipinski definition) is 4. The van der Waals surface area contributed by atoms with Gasteiger partial charge >= 0.3 is 6.03 Å². The smallest absolute Gasteiger partial charge is 0.277 e. The van der Waals surface area contributed by atoms with Crippen LogP contribution < -0.4 is 5.32 Å². The highest BCUT2D eigenvalue weighted by molar-refractivity contribution is 7.99. The maximum absolute atomic E-state index is 12.0. The van der Waals surface area contributed by atoms with Crippen LogP contribution >= 0.6 is 11.8 Å². The van der Waals surface area contributed by atoms with Gasteiger partial charge in [0, 0.05) is 6.54 Å². The molecule has 2 aliphatic rings. The van der Waals surface area contributed by atoms with E-state index in [0.29, 0.717) is 18.9 Å². The van der Waals surface area contributed by atoms with Gasteiger partial charge in [-0.2, -0.15) is 11.8 Å². The van der Waals surface area contributed by atoms with Gasteiger partial charge in [0.1, 0.15) is 5.92 Å². The van der Waals surface area contributed by atoms with E-state index >= 15 is 0 Å². The molecule has 2 saturated heterocycles. The van der Waals surface area contributed by atoms with Gasteiger partial charge < -0.3 is 0 Å². The molecule has 2 heterocycles. The minimum absolute atomic E-state index is 0.335. The maximum atomic E-state index is 12.0. The summed E-state index contributed by atoms with van der Waals surface area (Å²) < 4.78 is 0. The number of carbonyl (C=O) groups excluding carboxylic acids is 3. The molecule has 0 aromatic heterocycles. The molecule has 0 aromatic carbocycles. The quantitative estimate of drug-likeness (QED) is 0.760. The van der Waals surface area contributed by atoms with Gasteiger partial charge in [-0.25, -0.2) is 4.79 Å². The molecule has 0 aromatic rings. The number of urea groups is 1. The number of carbonyl (C=O) groups is 3. The second-order valence-electron chi connectivity index (χ2n) is 4.43. The summed E-state index contributed by atoms with van der Waals surface area (Å²) >= 11 is 1.84. The summed E-state index contributed by atoms with van der Waals surface area (Å²) in [6.45, 7) is 2.23. The Hall–Kier alpha value is -1.04. The van der Waals surface area contributed by atoms with Crippen molar-refractivity contribution in [3.05, 3.63) is 0 Å². The fraction of sp³-hybridized carbons (Fsp3) is 0.727. The third-order valence-electron chi connectivity index (χ3n) is 3.23. The van der Waals surface area contributed by atoms with Crippen molar-refractivity contribution in [3.8, 4) is 0 Å². The molecule has 94 valence electrons. The lowest BCUT2D eigenvalue weighted by atomic mass is 10.0. The highest BCUT2D eigenvalue weighted by Gasteiger charge is 2.40. The Balaban J connectivity index is 2.06. The van der Waals surface area contributed by atoms with Crippen molar-refractivity contribution in [1.29, 1.82) is 0 Å². The van der Waals surface area contributed by atoms with Crippen molar-refractivity contribution in [3.63, 3.8) is 0 Å². The van der Waals surface area contributed by atoms with Crippen molar-refractivity contribution in [2.45, 2.75) is 19.8 Å². The molecule has 2 rings (SSSR count). The Morgan fingerprint density at radius 3 is 2.76 bits per heavy atom. The van der Waals surface area contributed by atoms with Gasteiger partial charge in [0.25, 0.3) is 0 Å². The van der Waals surface area contributed by atoms with Crippen molar-refractivity contribution in [2.75, 3.05) is 18.1 Å². The highest BCUT2D eigenvalue weighted by atomic mass is 32.2. The van der Waals surface area contributed by atoms with E-state index in [4.69, 9.17) is 0 Å². The van der Waals surface area contributed by atoms with E-state index in [1.807, 2.05) is 11.8 Å². The molecule has 17 heavy (non-hydrogen) atoms. The number of hydrogen-bond donors (Lipinski definition) is 1. The van der Waals surface area contributed by atoms with E-state index in [9.17, 15) is 14.4 Å². The van der Waals surface area contributed by atoms with Crippen LogP contribution in [0.2, 0.25) is 0 Å². The highest BCUT2D eigenvalue weighted by Crippen LogP contribution is 2.25. The van der Waals surface area contributed by atoms with Gasteiger partial charge in [-0.1, -0.05) is 6.92 Å². The number of amides is 4. The average Bonchev–Trinajstić information content (AvgIpc) is 2.77. The minimum Gasteiger partial charge on any atom is -0.277 e. The summed E-state index contributed by atoms with van der Waals surface area (Å²) in [7, 11) is 0. The second kappa shape index (κ2) is 5.08. The van der Waals surface area contributed by atoms with Crippen molar-refractivity contribution < 1.29 is 14.4 Å². The normalized spacial score (nSPS) is 29.7. The van der Waals surface area contributed by atoms with E-state index in [2.05, 4.69) is 5.32 Å². The summed E-state index contributed by atoms with van der Waals surface area (Å²) in [6, 6.07) is -0.554. The second-order valence-corrected chi connectivity index (χ2v) is 5.58. The molecule has 4 amide bonds. The first-order chi connectivity index (χ1) is 8.13. The lowest BCUT2D eigenvalue weighted by Crippen LogP contribution is -2.58. The first kappa shape index (κ1) is 12.4. The standard InChI is InChI=1S/C11H16N2O3S/c1-2-8-9(14)12-11(16)13(10(8)15)5-7-3-4-17-6-7/h7-8H,2-6H2,1H3,(H,12,14,16). The Kier molecular flexibility index (Phi) is 3.71. The lowest BCUT2D eigenvalue weighted by molar-refractivity contribution is -0.143. The van der Waals surface area contributed by atoms with Gasteiger partial charge in [-0.15, -0.1) is 0 Å². The third-order valence-corrected chi connectivity index (χ3v) is 4.46. The van der Waals surface area contributed by atoms with Crippen molar-refractivity contribution >= 4 is 29.6 Å². The van der Waals surface area contributed by atoms with Crippen LogP contribution in [-0.4, -0.2) is 40.8 Å². The number of rotatable bonds is 3. The predicted molar refractivity (Wildman–Crippen MR) is 64.5 cm³/mol. The number of nitrogens with zero attached hydrogens (tertiary/aromatic N) is 1. The van der Waals surface area contributed by atoms with Gasteiger partial charge in [0.2, 0.25) is 11.8 Å². The number of thioether (sulfide) groups is 1. The van der Waals surface area contributed by atoms with Crippen LogP contribution in [0.4, 0.5) is 4.79 Å². The van der Waals surface area contributed by atoms with Crippen LogP contribution in [0.1, 0.15) is 19.8 Å². The third kappa shape index (κ3) is 2.46. The fourth-order valence-electron chi connectivity index (χ4n) is 2.18. The zero-order chi connectivity index (χ0) is 12.4. The van der Waals surface area contributed by atoms with Crippen LogP contribution in [0.3, 0.4) is 0 Å². The van der Waals surface area contributed by atoms with Crippen molar-refractivity contribution in [2.24, 2.45) is 11.8 Å². The van der Waals surface area contributed by atoms with Crippen LogP contribution in [-0.2, 0) is 9.59 Å². The predicted octanol–water partition coefficient (Wildman–Crippen LogP) is 0.844. The zero-order valence-corrected chi connectivity index (χ0v) is 10.6. The van der Waals surface area contributed by atoms with E-state index < -0.39 is 17.9 Å². The largest absolute Gasteiger partial charge is 0.330 e. The van der Waals surface area contributed by atoms with Crippen LogP contribution in [0.25, 0.3) is 0 Å². The van der Waals surface area contributed by atoms with Gasteiger partial charge in [0.15, 0.2) is 0 Å². The molecule has 2 fully saturated rings. The molecule has 5 nitrogen and oxygen atoms in total. The summed E-state index contributed by atoms with van der Waals surface area (Å²) in [6.07, 6.45) is 1.47. The maximum Gasteiger partial charge on any atom is 0.330 e. The SMILES string of the molecule is CCC1C(=O)NC(=O)N(CC2CCSC2)C1=O. The lowest BCUT2D eigenvalue weighted by Gasteiger charge is -2.31. The molecule has 2 unspecified atom stereocenters. The topological polar surface area (TPSA) is 66.5 Å². The van der Waals surface area contributed by atoms with Crippen LogP contribution in [0.5, 0.6) is 0 Å². The monoisotopic (exact) mass is 256 g/mol. The Morgan fingerprint density at radius 2 is 2.18 bits per heavy atom. The average molecular weight is 256 g/mol. The summed E-state index contributed by atoms with van der Waals surface area (Å²) in [4.78, 5) is 36.3. The van der Waals surface area contributed by atoms with Crippen LogP contribution in [0, 0.1) is 11.8 Å². The van der Waals surface area contributed by atoms with Gasteiger partial charge in [-0.3, -0.25) is 19.8 Å². The minimum atomic E-state index is -0.693. The first-order valence-electron chi connectivity index (χ1n) is 5.87. The molecule has 0 aliphatic carbocycles. The molecule has 2 atom stereocenters. The Labute approximate surface area is 104 Å². The van der Waals surface area contributed by atoms with Crippen LogP contribution in [0.15, 0.2) is 0 Å². The van der Waals surface area contributed by atoms with E-state index in [1.54, 1.807) is 6.92 Å². The molecular formula is C11H16N2O3S. The summed E-state index contributed by atoms with van der Waals surface area (Å²) in [5, 5.41) is 2.26. The summed E-state index contributed by atoms with van der Waals surface area (Å²) in [5.74, 6) is 0.964. The number of barbiturate groups is 1. The Bertz CT molecular complexity index is 353. The Morgan fingerprint density at radius 1 is 1.41 bits per heavy atom. The van der Waals surface area contributed by atoms with E-state index in [-0.39, 0.29) is 5.91 Å². The number of nitrogens with one attached hydrogen (secondary N) is 1.